The Balaban J connectivity index is 1.89. The van der Waals surface area contributed by atoms with E-state index < -0.39 is 0 Å². The second kappa shape index (κ2) is 8.17. The zero-order valence-corrected chi connectivity index (χ0v) is 15.5. The fourth-order valence-electron chi connectivity index (χ4n) is 2.47. The number of aromatic nitrogens is 4. The minimum atomic E-state index is 0.420. The van der Waals surface area contributed by atoms with Crippen LogP contribution in [0.3, 0.4) is 0 Å². The van der Waals surface area contributed by atoms with Crippen molar-refractivity contribution in [3.63, 3.8) is 0 Å². The molecule has 9 heteroatoms. The molecule has 0 aliphatic heterocycles. The van der Waals surface area contributed by atoms with E-state index in [-0.39, 0.29) is 0 Å². The highest BCUT2D eigenvalue weighted by atomic mass is 16.5. The lowest BCUT2D eigenvalue weighted by Gasteiger charge is -2.15. The Morgan fingerprint density at radius 3 is 2.19 bits per heavy atom. The van der Waals surface area contributed by atoms with Gasteiger partial charge in [0.15, 0.2) is 11.5 Å². The molecule has 0 aliphatic carbocycles. The summed E-state index contributed by atoms with van der Waals surface area (Å²) in [6, 6.07) is 7.17. The zero-order chi connectivity index (χ0) is 19.2. The SMILES string of the molecule is COc1cc(Nc2cc(C)nc(Nc3ccncn3)n2)cc(OC)c1OC. The van der Waals surface area contributed by atoms with Crippen molar-refractivity contribution < 1.29 is 14.2 Å². The van der Waals surface area contributed by atoms with E-state index in [1.54, 1.807) is 45.7 Å². The van der Waals surface area contributed by atoms with Crippen LogP contribution in [0.2, 0.25) is 0 Å². The van der Waals surface area contributed by atoms with Gasteiger partial charge in [-0.2, -0.15) is 4.98 Å². The van der Waals surface area contributed by atoms with Crippen LogP contribution in [0.5, 0.6) is 17.2 Å². The summed E-state index contributed by atoms with van der Waals surface area (Å²) in [5, 5.41) is 6.28. The molecule has 1 aromatic carbocycles. The van der Waals surface area contributed by atoms with Crippen molar-refractivity contribution >= 4 is 23.3 Å². The number of hydrogen-bond donors (Lipinski definition) is 2. The standard InChI is InChI=1S/C18H20N6O3/c1-11-7-16(24-18(21-11)23-15-5-6-19-10-20-15)22-12-8-13(25-2)17(27-4)14(9-12)26-3/h5-10H,1-4H3,(H2,19,20,21,22,23,24). The van der Waals surface area contributed by atoms with Gasteiger partial charge in [-0.1, -0.05) is 0 Å². The molecule has 2 N–H and O–H groups in total. The van der Waals surface area contributed by atoms with Gasteiger partial charge in [0.25, 0.3) is 0 Å². The first kappa shape index (κ1) is 18.2. The topological polar surface area (TPSA) is 103 Å². The highest BCUT2D eigenvalue weighted by Gasteiger charge is 2.14. The highest BCUT2D eigenvalue weighted by Crippen LogP contribution is 2.40. The van der Waals surface area contributed by atoms with Crippen molar-refractivity contribution in [2.45, 2.75) is 6.92 Å². The molecule has 3 aromatic rings. The smallest absolute Gasteiger partial charge is 0.230 e. The Bertz CT molecular complexity index is 895. The largest absolute Gasteiger partial charge is 0.493 e. The molecule has 2 aromatic heterocycles. The molecule has 0 saturated heterocycles. The predicted molar refractivity (Wildman–Crippen MR) is 101 cm³/mol. The van der Waals surface area contributed by atoms with Crippen LogP contribution in [-0.4, -0.2) is 41.3 Å². The summed E-state index contributed by atoms with van der Waals surface area (Å²) >= 11 is 0. The average molecular weight is 368 g/mol. The molecule has 0 amide bonds. The molecule has 9 nitrogen and oxygen atoms in total. The van der Waals surface area contributed by atoms with E-state index in [0.717, 1.165) is 11.4 Å². The molecule has 27 heavy (non-hydrogen) atoms. The third-order valence-electron chi connectivity index (χ3n) is 3.61. The third kappa shape index (κ3) is 4.32. The third-order valence-corrected chi connectivity index (χ3v) is 3.61. The van der Waals surface area contributed by atoms with Gasteiger partial charge in [0.05, 0.1) is 21.3 Å². The van der Waals surface area contributed by atoms with E-state index in [1.165, 1.54) is 6.33 Å². The molecular formula is C18H20N6O3. The molecule has 140 valence electrons. The molecule has 0 radical (unpaired) electrons. The van der Waals surface area contributed by atoms with Crippen LogP contribution < -0.4 is 24.8 Å². The first-order valence-electron chi connectivity index (χ1n) is 8.08. The van der Waals surface area contributed by atoms with E-state index in [2.05, 4.69) is 30.6 Å². The number of benzene rings is 1. The normalized spacial score (nSPS) is 10.2. The van der Waals surface area contributed by atoms with Crippen LogP contribution >= 0.6 is 0 Å². The number of nitrogens with one attached hydrogen (secondary N) is 2. The molecule has 0 spiro atoms. The number of anilines is 4. The minimum absolute atomic E-state index is 0.420. The van der Waals surface area contributed by atoms with Gasteiger partial charge >= 0.3 is 0 Å². The molecule has 0 atom stereocenters. The Hall–Kier alpha value is -3.62. The van der Waals surface area contributed by atoms with Crippen LogP contribution in [0.1, 0.15) is 5.69 Å². The first-order chi connectivity index (χ1) is 13.1. The molecule has 0 bridgehead atoms. The van der Waals surface area contributed by atoms with Gasteiger partial charge in [-0.05, 0) is 13.0 Å². The van der Waals surface area contributed by atoms with Crippen molar-refractivity contribution in [1.29, 1.82) is 0 Å². The number of aryl methyl sites for hydroxylation is 1. The monoisotopic (exact) mass is 368 g/mol. The van der Waals surface area contributed by atoms with Crippen molar-refractivity contribution in [2.24, 2.45) is 0 Å². The zero-order valence-electron chi connectivity index (χ0n) is 15.5. The molecule has 0 aliphatic rings. The van der Waals surface area contributed by atoms with Crippen LogP contribution in [0, 0.1) is 6.92 Å². The molecule has 2 heterocycles. The summed E-state index contributed by atoms with van der Waals surface area (Å²) in [6.45, 7) is 1.88. The van der Waals surface area contributed by atoms with Gasteiger partial charge in [-0.15, -0.1) is 0 Å². The molecular weight excluding hydrogens is 348 g/mol. The number of hydrogen-bond acceptors (Lipinski definition) is 9. The first-order valence-corrected chi connectivity index (χ1v) is 8.08. The average Bonchev–Trinajstić information content (AvgIpc) is 2.67. The maximum Gasteiger partial charge on any atom is 0.230 e. The van der Waals surface area contributed by atoms with E-state index in [9.17, 15) is 0 Å². The quantitative estimate of drug-likeness (QED) is 0.651. The summed E-state index contributed by atoms with van der Waals surface area (Å²) in [4.78, 5) is 16.8. The van der Waals surface area contributed by atoms with Gasteiger partial charge in [0.2, 0.25) is 11.7 Å². The van der Waals surface area contributed by atoms with Crippen molar-refractivity contribution in [3.8, 4) is 17.2 Å². The number of ether oxygens (including phenoxy) is 3. The van der Waals surface area contributed by atoms with Crippen molar-refractivity contribution in [2.75, 3.05) is 32.0 Å². The fraction of sp³-hybridized carbons (Fsp3) is 0.222. The van der Waals surface area contributed by atoms with Crippen LogP contribution in [0.4, 0.5) is 23.3 Å². The summed E-state index contributed by atoms with van der Waals surface area (Å²) < 4.78 is 16.1. The van der Waals surface area contributed by atoms with Crippen LogP contribution in [0.15, 0.2) is 36.8 Å². The highest BCUT2D eigenvalue weighted by molar-refractivity contribution is 5.67. The summed E-state index contributed by atoms with van der Waals surface area (Å²) in [5.74, 6) is 3.25. The van der Waals surface area contributed by atoms with Crippen molar-refractivity contribution in [1.82, 2.24) is 19.9 Å². The lowest BCUT2D eigenvalue weighted by Crippen LogP contribution is -2.04. The lowest BCUT2D eigenvalue weighted by atomic mass is 10.2. The Morgan fingerprint density at radius 1 is 0.852 bits per heavy atom. The Morgan fingerprint density at radius 2 is 1.59 bits per heavy atom. The van der Waals surface area contributed by atoms with E-state index in [0.29, 0.717) is 34.8 Å². The Kier molecular flexibility index (Phi) is 5.50. The number of methoxy groups -OCH3 is 3. The fourth-order valence-corrected chi connectivity index (χ4v) is 2.47. The van der Waals surface area contributed by atoms with Crippen molar-refractivity contribution in [3.05, 3.63) is 42.5 Å². The molecule has 0 fully saturated rings. The summed E-state index contributed by atoms with van der Waals surface area (Å²) in [7, 11) is 4.70. The van der Waals surface area contributed by atoms with Crippen LogP contribution in [0.25, 0.3) is 0 Å². The minimum Gasteiger partial charge on any atom is -0.493 e. The van der Waals surface area contributed by atoms with Gasteiger partial charge < -0.3 is 24.8 Å². The van der Waals surface area contributed by atoms with Gasteiger partial charge in [0.1, 0.15) is 18.0 Å². The second-order valence-electron chi connectivity index (χ2n) is 5.48. The summed E-state index contributed by atoms with van der Waals surface area (Å²) in [5.41, 5.74) is 1.52. The molecule has 0 saturated carbocycles. The van der Waals surface area contributed by atoms with Gasteiger partial charge in [-0.3, -0.25) is 0 Å². The lowest BCUT2D eigenvalue weighted by molar-refractivity contribution is 0.324. The number of nitrogens with zero attached hydrogens (tertiary/aromatic N) is 4. The second-order valence-corrected chi connectivity index (χ2v) is 5.48. The van der Waals surface area contributed by atoms with E-state index in [4.69, 9.17) is 14.2 Å². The van der Waals surface area contributed by atoms with E-state index in [1.807, 2.05) is 13.0 Å². The maximum atomic E-state index is 5.38. The van der Waals surface area contributed by atoms with E-state index >= 15 is 0 Å². The predicted octanol–water partition coefficient (Wildman–Crippen LogP) is 3.09. The van der Waals surface area contributed by atoms with Gasteiger partial charge in [0, 0.05) is 35.8 Å². The molecule has 0 unspecified atom stereocenters. The number of rotatable bonds is 7. The van der Waals surface area contributed by atoms with Gasteiger partial charge in [-0.25, -0.2) is 15.0 Å². The van der Waals surface area contributed by atoms with Crippen LogP contribution in [-0.2, 0) is 0 Å². The molecule has 3 rings (SSSR count). The Labute approximate surface area is 156 Å². The summed E-state index contributed by atoms with van der Waals surface area (Å²) in [6.07, 6.45) is 3.09. The maximum absolute atomic E-state index is 5.38.